The Morgan fingerprint density at radius 3 is 2.94 bits per heavy atom. The largest absolute Gasteiger partial charge is 0.310 e. The summed E-state index contributed by atoms with van der Waals surface area (Å²) in [5, 5.41) is 12.8. The Hall–Kier alpha value is -1.04. The average molecular weight is 235 g/mol. The number of rotatable bonds is 5. The number of hydrogen-bond donors (Lipinski definition) is 1. The fourth-order valence-corrected chi connectivity index (χ4v) is 1.85. The molecule has 0 unspecified atom stereocenters. The van der Waals surface area contributed by atoms with Crippen molar-refractivity contribution in [3.8, 4) is 6.07 Å². The molecular weight excluding hydrogens is 220 g/mol. The lowest BCUT2D eigenvalue weighted by Crippen LogP contribution is -2.15. The third-order valence-electron chi connectivity index (χ3n) is 2.79. The molecule has 1 fully saturated rings. The van der Waals surface area contributed by atoms with Crippen LogP contribution in [0, 0.1) is 11.3 Å². The number of benzene rings is 1. The van der Waals surface area contributed by atoms with Gasteiger partial charge in [-0.15, -0.1) is 0 Å². The van der Waals surface area contributed by atoms with E-state index in [1.54, 1.807) is 0 Å². The predicted octanol–water partition coefficient (Wildman–Crippen LogP) is 3.05. The van der Waals surface area contributed by atoms with Crippen LogP contribution in [-0.4, -0.2) is 6.04 Å². The molecule has 1 N–H and O–H groups in total. The summed E-state index contributed by atoms with van der Waals surface area (Å²) >= 11 is 6.13. The first-order valence-corrected chi connectivity index (χ1v) is 6.05. The molecule has 3 heteroatoms. The van der Waals surface area contributed by atoms with Gasteiger partial charge in [-0.2, -0.15) is 5.26 Å². The number of halogens is 1. The van der Waals surface area contributed by atoms with E-state index in [0.29, 0.717) is 12.5 Å². The van der Waals surface area contributed by atoms with Crippen molar-refractivity contribution in [3.63, 3.8) is 0 Å². The molecule has 0 heterocycles. The van der Waals surface area contributed by atoms with Crippen LogP contribution in [0.25, 0.3) is 0 Å². The summed E-state index contributed by atoms with van der Waals surface area (Å²) in [4.78, 5) is 0. The molecule has 1 saturated carbocycles. The monoisotopic (exact) mass is 234 g/mol. The van der Waals surface area contributed by atoms with Crippen LogP contribution in [0.4, 0.5) is 0 Å². The molecule has 0 amide bonds. The van der Waals surface area contributed by atoms with Gasteiger partial charge in [0, 0.05) is 24.0 Å². The average Bonchev–Trinajstić information content (AvgIpc) is 3.10. The smallest absolute Gasteiger partial charge is 0.0625 e. The predicted molar refractivity (Wildman–Crippen MR) is 65.2 cm³/mol. The molecule has 2 rings (SSSR count). The van der Waals surface area contributed by atoms with Gasteiger partial charge in [0.15, 0.2) is 0 Å². The van der Waals surface area contributed by atoms with Gasteiger partial charge in [0.25, 0.3) is 0 Å². The molecule has 0 aliphatic heterocycles. The lowest BCUT2D eigenvalue weighted by Gasteiger charge is -2.07. The van der Waals surface area contributed by atoms with Gasteiger partial charge in [0.1, 0.15) is 0 Å². The van der Waals surface area contributed by atoms with Gasteiger partial charge in [0.05, 0.1) is 6.07 Å². The van der Waals surface area contributed by atoms with Crippen LogP contribution in [0.1, 0.15) is 30.4 Å². The summed E-state index contributed by atoms with van der Waals surface area (Å²) in [7, 11) is 0. The van der Waals surface area contributed by atoms with E-state index < -0.39 is 0 Å². The van der Waals surface area contributed by atoms with Gasteiger partial charge in [-0.1, -0.05) is 23.7 Å². The first-order chi connectivity index (χ1) is 7.79. The zero-order chi connectivity index (χ0) is 11.4. The summed E-state index contributed by atoms with van der Waals surface area (Å²) < 4.78 is 0. The number of hydrogen-bond acceptors (Lipinski definition) is 2. The van der Waals surface area contributed by atoms with E-state index in [1.807, 2.05) is 12.1 Å². The molecule has 1 aromatic rings. The van der Waals surface area contributed by atoms with Gasteiger partial charge < -0.3 is 5.32 Å². The fourth-order valence-electron chi connectivity index (χ4n) is 1.66. The van der Waals surface area contributed by atoms with Gasteiger partial charge >= 0.3 is 0 Å². The highest BCUT2D eigenvalue weighted by Crippen LogP contribution is 2.22. The molecule has 0 bridgehead atoms. The number of nitriles is 1. The Bertz CT molecular complexity index is 405. The second-order valence-corrected chi connectivity index (χ2v) is 4.65. The van der Waals surface area contributed by atoms with E-state index in [-0.39, 0.29) is 0 Å². The van der Waals surface area contributed by atoms with Crippen molar-refractivity contribution in [2.45, 2.75) is 38.3 Å². The maximum absolute atomic E-state index is 8.55. The summed E-state index contributed by atoms with van der Waals surface area (Å²) in [6, 6.07) is 8.89. The summed E-state index contributed by atoms with van der Waals surface area (Å²) in [5.74, 6) is 0. The van der Waals surface area contributed by atoms with Crippen LogP contribution in [0.5, 0.6) is 0 Å². The van der Waals surface area contributed by atoms with Crippen LogP contribution in [-0.2, 0) is 13.0 Å². The normalized spacial score (nSPS) is 14.8. The zero-order valence-corrected chi connectivity index (χ0v) is 9.93. The van der Waals surface area contributed by atoms with E-state index in [9.17, 15) is 0 Å². The molecule has 1 aliphatic carbocycles. The van der Waals surface area contributed by atoms with Crippen molar-refractivity contribution in [1.82, 2.24) is 5.32 Å². The molecule has 1 aromatic carbocycles. The second kappa shape index (κ2) is 5.34. The van der Waals surface area contributed by atoms with E-state index in [2.05, 4.69) is 17.5 Å². The Balaban J connectivity index is 1.99. The quantitative estimate of drug-likeness (QED) is 0.850. The standard InChI is InChI=1S/C13H15ClN2/c14-13-6-3-10(2-1-7-15)8-11(13)9-16-12-4-5-12/h3,6,8,12,16H,1-2,4-5,9H2. The molecular formula is C13H15ClN2. The third-order valence-corrected chi connectivity index (χ3v) is 3.16. The van der Waals surface area contributed by atoms with Crippen molar-refractivity contribution in [1.29, 1.82) is 5.26 Å². The highest BCUT2D eigenvalue weighted by molar-refractivity contribution is 6.31. The van der Waals surface area contributed by atoms with Crippen molar-refractivity contribution in [3.05, 3.63) is 34.3 Å². The Labute approximate surface area is 101 Å². The SMILES string of the molecule is N#CCCc1ccc(Cl)c(CNC2CC2)c1. The van der Waals surface area contributed by atoms with Crippen molar-refractivity contribution < 1.29 is 0 Å². The Morgan fingerprint density at radius 1 is 1.44 bits per heavy atom. The number of nitrogens with one attached hydrogen (secondary N) is 1. The summed E-state index contributed by atoms with van der Waals surface area (Å²) in [6.45, 7) is 0.837. The number of aryl methyl sites for hydroxylation is 1. The van der Waals surface area contributed by atoms with Crippen LogP contribution < -0.4 is 5.32 Å². The van der Waals surface area contributed by atoms with Crippen LogP contribution >= 0.6 is 11.6 Å². The molecule has 0 aromatic heterocycles. The fraction of sp³-hybridized carbons (Fsp3) is 0.462. The topological polar surface area (TPSA) is 35.8 Å². The van der Waals surface area contributed by atoms with Crippen molar-refractivity contribution in [2.75, 3.05) is 0 Å². The lowest BCUT2D eigenvalue weighted by molar-refractivity contribution is 0.687. The Morgan fingerprint density at radius 2 is 2.25 bits per heavy atom. The molecule has 2 nitrogen and oxygen atoms in total. The van der Waals surface area contributed by atoms with Crippen LogP contribution in [0.2, 0.25) is 5.02 Å². The molecule has 0 saturated heterocycles. The van der Waals surface area contributed by atoms with Gasteiger partial charge in [-0.3, -0.25) is 0 Å². The first kappa shape index (κ1) is 11.4. The molecule has 0 radical (unpaired) electrons. The molecule has 0 atom stereocenters. The molecule has 84 valence electrons. The highest BCUT2D eigenvalue weighted by atomic mass is 35.5. The minimum absolute atomic E-state index is 0.567. The highest BCUT2D eigenvalue weighted by Gasteiger charge is 2.20. The maximum atomic E-state index is 8.55. The molecule has 0 spiro atoms. The van der Waals surface area contributed by atoms with E-state index in [1.165, 1.54) is 18.4 Å². The number of nitrogens with zero attached hydrogens (tertiary/aromatic N) is 1. The second-order valence-electron chi connectivity index (χ2n) is 4.24. The van der Waals surface area contributed by atoms with E-state index in [0.717, 1.165) is 23.6 Å². The van der Waals surface area contributed by atoms with Crippen molar-refractivity contribution in [2.24, 2.45) is 0 Å². The maximum Gasteiger partial charge on any atom is 0.0625 e. The first-order valence-electron chi connectivity index (χ1n) is 5.67. The Kier molecular flexibility index (Phi) is 3.82. The van der Waals surface area contributed by atoms with Gasteiger partial charge in [-0.05, 0) is 36.5 Å². The molecule has 16 heavy (non-hydrogen) atoms. The van der Waals surface area contributed by atoms with Gasteiger partial charge in [0.2, 0.25) is 0 Å². The molecule has 1 aliphatic rings. The van der Waals surface area contributed by atoms with Crippen LogP contribution in [0.15, 0.2) is 18.2 Å². The third kappa shape index (κ3) is 3.23. The zero-order valence-electron chi connectivity index (χ0n) is 9.17. The minimum Gasteiger partial charge on any atom is -0.310 e. The van der Waals surface area contributed by atoms with Crippen LogP contribution in [0.3, 0.4) is 0 Å². The summed E-state index contributed by atoms with van der Waals surface area (Å²) in [5.41, 5.74) is 2.34. The minimum atomic E-state index is 0.567. The van der Waals surface area contributed by atoms with E-state index >= 15 is 0 Å². The summed E-state index contributed by atoms with van der Waals surface area (Å²) in [6.07, 6.45) is 3.94. The van der Waals surface area contributed by atoms with E-state index in [4.69, 9.17) is 16.9 Å². The lowest BCUT2D eigenvalue weighted by atomic mass is 10.1. The van der Waals surface area contributed by atoms with Crippen molar-refractivity contribution >= 4 is 11.6 Å². The van der Waals surface area contributed by atoms with Gasteiger partial charge in [-0.25, -0.2) is 0 Å².